The molecule has 0 radical (unpaired) electrons. The highest BCUT2D eigenvalue weighted by Crippen LogP contribution is 2.31. The van der Waals surface area contributed by atoms with Crippen LogP contribution in [-0.2, 0) is 6.18 Å². The molecule has 3 aromatic rings. The first-order valence-electron chi connectivity index (χ1n) is 7.75. The Hall–Kier alpha value is -3.56. The van der Waals surface area contributed by atoms with Crippen molar-refractivity contribution < 1.29 is 26.7 Å². The molecule has 5 nitrogen and oxygen atoms in total. The summed E-state index contributed by atoms with van der Waals surface area (Å²) in [6.45, 7) is 0. The molecule has 2 aromatic carbocycles. The molecule has 0 unspecified atom stereocenters. The fraction of sp³-hybridized carbons (Fsp3) is 0.0556. The Balaban J connectivity index is 1.78. The molecule has 0 saturated carbocycles. The van der Waals surface area contributed by atoms with E-state index in [1.54, 1.807) is 0 Å². The normalized spacial score (nSPS) is 11.2. The van der Waals surface area contributed by atoms with Gasteiger partial charge in [-0.3, -0.25) is 4.79 Å². The van der Waals surface area contributed by atoms with E-state index < -0.39 is 29.3 Å². The lowest BCUT2D eigenvalue weighted by Gasteiger charge is -2.11. The Morgan fingerprint density at radius 3 is 2.46 bits per heavy atom. The van der Waals surface area contributed by atoms with Crippen LogP contribution in [0.15, 0.2) is 54.9 Å². The van der Waals surface area contributed by atoms with E-state index in [0.717, 1.165) is 30.6 Å². The molecule has 1 heterocycles. The number of anilines is 3. The van der Waals surface area contributed by atoms with Gasteiger partial charge in [-0.2, -0.15) is 13.2 Å². The number of rotatable bonds is 4. The molecule has 0 atom stereocenters. The zero-order valence-corrected chi connectivity index (χ0v) is 13.9. The SMILES string of the molecule is O=C(Nc1ccc(F)cc1F)c1cc(Nc2cccc(C(F)(F)F)c2)ncn1. The summed E-state index contributed by atoms with van der Waals surface area (Å²) >= 11 is 0. The molecule has 0 bridgehead atoms. The van der Waals surface area contributed by atoms with E-state index in [4.69, 9.17) is 0 Å². The second-order valence-corrected chi connectivity index (χ2v) is 5.57. The molecule has 1 aromatic heterocycles. The van der Waals surface area contributed by atoms with Crippen LogP contribution in [-0.4, -0.2) is 15.9 Å². The number of nitrogens with zero attached hydrogens (tertiary/aromatic N) is 2. The van der Waals surface area contributed by atoms with Gasteiger partial charge in [-0.1, -0.05) is 6.07 Å². The van der Waals surface area contributed by atoms with Crippen LogP contribution >= 0.6 is 0 Å². The van der Waals surface area contributed by atoms with E-state index in [0.29, 0.717) is 6.07 Å². The maximum Gasteiger partial charge on any atom is 0.416 e. The van der Waals surface area contributed by atoms with Gasteiger partial charge in [0.2, 0.25) is 0 Å². The van der Waals surface area contributed by atoms with Crippen molar-refractivity contribution in [2.24, 2.45) is 0 Å². The molecule has 0 saturated heterocycles. The summed E-state index contributed by atoms with van der Waals surface area (Å²) in [5, 5.41) is 4.87. The standard InChI is InChI=1S/C18H11F5N4O/c19-11-4-5-14(13(20)7-11)27-17(28)15-8-16(25-9-24-15)26-12-3-1-2-10(6-12)18(21,22)23/h1-9H,(H,27,28)(H,24,25,26). The maximum atomic E-state index is 13.6. The van der Waals surface area contributed by atoms with Gasteiger partial charge < -0.3 is 10.6 Å². The number of halogens is 5. The molecular weight excluding hydrogens is 383 g/mol. The van der Waals surface area contributed by atoms with Crippen molar-refractivity contribution in [2.45, 2.75) is 6.18 Å². The number of alkyl halides is 3. The summed E-state index contributed by atoms with van der Waals surface area (Å²) < 4.78 is 64.9. The van der Waals surface area contributed by atoms with Crippen LogP contribution in [0, 0.1) is 11.6 Å². The molecule has 28 heavy (non-hydrogen) atoms. The topological polar surface area (TPSA) is 66.9 Å². The average Bonchev–Trinajstić information content (AvgIpc) is 2.64. The van der Waals surface area contributed by atoms with Gasteiger partial charge in [-0.25, -0.2) is 18.7 Å². The fourth-order valence-corrected chi connectivity index (χ4v) is 2.25. The van der Waals surface area contributed by atoms with E-state index in [9.17, 15) is 26.7 Å². The highest BCUT2D eigenvalue weighted by Gasteiger charge is 2.30. The van der Waals surface area contributed by atoms with Crippen LogP contribution in [0.2, 0.25) is 0 Å². The lowest BCUT2D eigenvalue weighted by Crippen LogP contribution is -2.15. The minimum Gasteiger partial charge on any atom is -0.340 e. The van der Waals surface area contributed by atoms with E-state index in [2.05, 4.69) is 20.6 Å². The zero-order chi connectivity index (χ0) is 20.3. The summed E-state index contributed by atoms with van der Waals surface area (Å²) in [7, 11) is 0. The molecule has 0 fully saturated rings. The predicted molar refractivity (Wildman–Crippen MR) is 91.1 cm³/mol. The number of hydrogen-bond acceptors (Lipinski definition) is 4. The number of aromatic nitrogens is 2. The quantitative estimate of drug-likeness (QED) is 0.626. The van der Waals surface area contributed by atoms with Gasteiger partial charge in [0.1, 0.15) is 29.5 Å². The number of benzene rings is 2. The Morgan fingerprint density at radius 2 is 1.75 bits per heavy atom. The summed E-state index contributed by atoms with van der Waals surface area (Å²) in [6.07, 6.45) is -3.49. The Kier molecular flexibility index (Phi) is 5.21. The van der Waals surface area contributed by atoms with Gasteiger partial charge in [0.25, 0.3) is 5.91 Å². The van der Waals surface area contributed by atoms with Crippen molar-refractivity contribution in [1.29, 1.82) is 0 Å². The largest absolute Gasteiger partial charge is 0.416 e. The molecule has 3 rings (SSSR count). The van der Waals surface area contributed by atoms with Gasteiger partial charge in [-0.15, -0.1) is 0 Å². The number of carbonyl (C=O) groups is 1. The molecule has 10 heteroatoms. The van der Waals surface area contributed by atoms with Crippen molar-refractivity contribution in [3.63, 3.8) is 0 Å². The third-order valence-electron chi connectivity index (χ3n) is 3.54. The second-order valence-electron chi connectivity index (χ2n) is 5.57. The number of amides is 1. The van der Waals surface area contributed by atoms with Gasteiger partial charge >= 0.3 is 6.18 Å². The first kappa shape index (κ1) is 19.2. The van der Waals surface area contributed by atoms with Crippen LogP contribution < -0.4 is 10.6 Å². The van der Waals surface area contributed by atoms with Crippen LogP contribution in [0.3, 0.4) is 0 Å². The molecule has 0 aliphatic heterocycles. The monoisotopic (exact) mass is 394 g/mol. The third kappa shape index (κ3) is 4.58. The third-order valence-corrected chi connectivity index (χ3v) is 3.54. The van der Waals surface area contributed by atoms with E-state index >= 15 is 0 Å². The van der Waals surface area contributed by atoms with Crippen molar-refractivity contribution in [1.82, 2.24) is 9.97 Å². The molecular formula is C18H11F5N4O. The van der Waals surface area contributed by atoms with Crippen LogP contribution in [0.1, 0.15) is 16.1 Å². The lowest BCUT2D eigenvalue weighted by molar-refractivity contribution is -0.137. The van der Waals surface area contributed by atoms with Crippen molar-refractivity contribution >= 4 is 23.1 Å². The summed E-state index contributed by atoms with van der Waals surface area (Å²) in [4.78, 5) is 19.8. The molecule has 2 N–H and O–H groups in total. The minimum absolute atomic E-state index is 0.0547. The van der Waals surface area contributed by atoms with Crippen LogP contribution in [0.5, 0.6) is 0 Å². The highest BCUT2D eigenvalue weighted by molar-refractivity contribution is 6.03. The molecule has 0 aliphatic rings. The van der Waals surface area contributed by atoms with Gasteiger partial charge in [0.05, 0.1) is 11.3 Å². The highest BCUT2D eigenvalue weighted by atomic mass is 19.4. The smallest absolute Gasteiger partial charge is 0.340 e. The van der Waals surface area contributed by atoms with Gasteiger partial charge in [0, 0.05) is 17.8 Å². The Labute approximate surface area is 155 Å². The van der Waals surface area contributed by atoms with Gasteiger partial charge in [0.15, 0.2) is 0 Å². The average molecular weight is 394 g/mol. The Morgan fingerprint density at radius 1 is 0.964 bits per heavy atom. The molecule has 0 spiro atoms. The Bertz CT molecular complexity index is 1020. The van der Waals surface area contributed by atoms with Gasteiger partial charge in [-0.05, 0) is 30.3 Å². The summed E-state index contributed by atoms with van der Waals surface area (Å²) in [5.74, 6) is -2.52. The van der Waals surface area contributed by atoms with E-state index in [-0.39, 0.29) is 22.9 Å². The number of carbonyl (C=O) groups excluding carboxylic acids is 1. The first-order chi connectivity index (χ1) is 13.2. The van der Waals surface area contributed by atoms with Crippen LogP contribution in [0.25, 0.3) is 0 Å². The van der Waals surface area contributed by atoms with Crippen molar-refractivity contribution in [3.8, 4) is 0 Å². The lowest BCUT2D eigenvalue weighted by atomic mass is 10.2. The van der Waals surface area contributed by atoms with E-state index in [1.165, 1.54) is 18.2 Å². The zero-order valence-electron chi connectivity index (χ0n) is 13.9. The summed E-state index contributed by atoms with van der Waals surface area (Å²) in [6, 6.07) is 8.22. The van der Waals surface area contributed by atoms with Crippen molar-refractivity contribution in [2.75, 3.05) is 10.6 Å². The van der Waals surface area contributed by atoms with Crippen LogP contribution in [0.4, 0.5) is 39.1 Å². The fourth-order valence-electron chi connectivity index (χ4n) is 2.25. The molecule has 144 valence electrons. The maximum absolute atomic E-state index is 13.6. The molecule has 1 amide bonds. The van der Waals surface area contributed by atoms with Crippen molar-refractivity contribution in [3.05, 3.63) is 77.8 Å². The predicted octanol–water partition coefficient (Wildman–Crippen LogP) is 4.77. The molecule has 0 aliphatic carbocycles. The van der Waals surface area contributed by atoms with E-state index in [1.807, 2.05) is 0 Å². The minimum atomic E-state index is -4.51. The number of nitrogens with one attached hydrogen (secondary N) is 2. The number of hydrogen-bond donors (Lipinski definition) is 2. The summed E-state index contributed by atoms with van der Waals surface area (Å²) in [5.41, 5.74) is -1.17. The first-order valence-corrected chi connectivity index (χ1v) is 7.75. The second kappa shape index (κ2) is 7.59.